The molecule has 2 aromatic carbocycles. The average Bonchev–Trinajstić information content (AvgIpc) is 3.17. The van der Waals surface area contributed by atoms with E-state index in [0.29, 0.717) is 35.9 Å². The lowest BCUT2D eigenvalue weighted by Crippen LogP contribution is -2.29. The molecule has 5 nitrogen and oxygen atoms in total. The van der Waals surface area contributed by atoms with Crippen molar-refractivity contribution in [2.75, 3.05) is 27.3 Å². The van der Waals surface area contributed by atoms with Gasteiger partial charge >= 0.3 is 5.97 Å². The standard InChI is InChI=1S/C22H24FNO4/c1-14-8-15(4-5-20(14)23)9-16-6-7-24(13-16)21(25)17-10-18(22(26)28-3)12-19(11-17)27-2/h4-5,8,10-12,16H,6-7,9,13H2,1-3H3. The number of rotatable bonds is 5. The van der Waals surface area contributed by atoms with Gasteiger partial charge in [0.15, 0.2) is 0 Å². The first-order valence-corrected chi connectivity index (χ1v) is 9.23. The Bertz CT molecular complexity index is 896. The number of carbonyl (C=O) groups excluding carboxylic acids is 2. The third-order valence-electron chi connectivity index (χ3n) is 5.13. The molecule has 1 heterocycles. The molecule has 0 aromatic heterocycles. The number of hydrogen-bond donors (Lipinski definition) is 0. The van der Waals surface area contributed by atoms with Gasteiger partial charge in [0.25, 0.3) is 5.91 Å². The van der Waals surface area contributed by atoms with Crippen LogP contribution in [0.1, 0.15) is 38.3 Å². The summed E-state index contributed by atoms with van der Waals surface area (Å²) < 4.78 is 23.4. The van der Waals surface area contributed by atoms with E-state index in [9.17, 15) is 14.0 Å². The van der Waals surface area contributed by atoms with Gasteiger partial charge in [-0.05, 0) is 61.1 Å². The summed E-state index contributed by atoms with van der Waals surface area (Å²) in [5.41, 5.74) is 2.39. The zero-order chi connectivity index (χ0) is 20.3. The normalized spacial score (nSPS) is 16.1. The van der Waals surface area contributed by atoms with Gasteiger partial charge in [-0.25, -0.2) is 9.18 Å². The van der Waals surface area contributed by atoms with Crippen molar-refractivity contribution in [3.8, 4) is 5.75 Å². The molecule has 0 bridgehead atoms. The first kappa shape index (κ1) is 19.9. The number of aryl methyl sites for hydroxylation is 1. The molecule has 1 saturated heterocycles. The Morgan fingerprint density at radius 2 is 1.89 bits per heavy atom. The lowest BCUT2D eigenvalue weighted by Gasteiger charge is -2.18. The fourth-order valence-corrected chi connectivity index (χ4v) is 3.61. The van der Waals surface area contributed by atoms with Crippen molar-refractivity contribution in [2.24, 2.45) is 5.92 Å². The van der Waals surface area contributed by atoms with E-state index in [4.69, 9.17) is 9.47 Å². The highest BCUT2D eigenvalue weighted by Gasteiger charge is 2.28. The third-order valence-corrected chi connectivity index (χ3v) is 5.13. The molecule has 0 radical (unpaired) electrons. The maximum Gasteiger partial charge on any atom is 0.338 e. The molecule has 2 aromatic rings. The number of likely N-dealkylation sites (tertiary alicyclic amines) is 1. The van der Waals surface area contributed by atoms with Crippen LogP contribution in [0.2, 0.25) is 0 Å². The van der Waals surface area contributed by atoms with Crippen LogP contribution in [0.25, 0.3) is 0 Å². The first-order valence-electron chi connectivity index (χ1n) is 9.23. The Kier molecular flexibility index (Phi) is 5.97. The van der Waals surface area contributed by atoms with Gasteiger partial charge in [-0.1, -0.05) is 12.1 Å². The monoisotopic (exact) mass is 385 g/mol. The van der Waals surface area contributed by atoms with Crippen LogP contribution >= 0.6 is 0 Å². The molecule has 28 heavy (non-hydrogen) atoms. The second-order valence-corrected chi connectivity index (χ2v) is 7.14. The number of amides is 1. The summed E-state index contributed by atoms with van der Waals surface area (Å²) >= 11 is 0. The fourth-order valence-electron chi connectivity index (χ4n) is 3.61. The van der Waals surface area contributed by atoms with E-state index >= 15 is 0 Å². The lowest BCUT2D eigenvalue weighted by atomic mass is 9.97. The molecule has 1 aliphatic rings. The Labute approximate surface area is 164 Å². The SMILES string of the molecule is COC(=O)c1cc(OC)cc(C(=O)N2CCC(Cc3ccc(F)c(C)c3)C2)c1. The predicted molar refractivity (Wildman–Crippen MR) is 103 cm³/mol. The zero-order valence-electron chi connectivity index (χ0n) is 16.3. The molecule has 0 N–H and O–H groups in total. The van der Waals surface area contributed by atoms with Crippen molar-refractivity contribution in [3.63, 3.8) is 0 Å². The lowest BCUT2D eigenvalue weighted by molar-refractivity contribution is 0.0600. The Morgan fingerprint density at radius 3 is 2.57 bits per heavy atom. The van der Waals surface area contributed by atoms with Crippen molar-refractivity contribution < 1.29 is 23.5 Å². The molecule has 148 valence electrons. The molecule has 1 aliphatic heterocycles. The third kappa shape index (κ3) is 4.32. The summed E-state index contributed by atoms with van der Waals surface area (Å²) in [6.45, 7) is 3.03. The van der Waals surface area contributed by atoms with Gasteiger partial charge in [-0.2, -0.15) is 0 Å². The minimum atomic E-state index is -0.515. The number of esters is 1. The summed E-state index contributed by atoms with van der Waals surface area (Å²) in [5.74, 6) is -0.101. The Morgan fingerprint density at radius 1 is 1.14 bits per heavy atom. The quantitative estimate of drug-likeness (QED) is 0.738. The van der Waals surface area contributed by atoms with Crippen molar-refractivity contribution in [1.82, 2.24) is 4.90 Å². The molecule has 1 amide bonds. The predicted octanol–water partition coefficient (Wildman–Crippen LogP) is 3.63. The first-order chi connectivity index (χ1) is 13.4. The van der Waals surface area contributed by atoms with E-state index < -0.39 is 5.97 Å². The van der Waals surface area contributed by atoms with Crippen LogP contribution in [-0.4, -0.2) is 44.1 Å². The number of benzene rings is 2. The maximum absolute atomic E-state index is 13.4. The summed E-state index contributed by atoms with van der Waals surface area (Å²) in [4.78, 5) is 26.6. The van der Waals surface area contributed by atoms with E-state index in [-0.39, 0.29) is 17.3 Å². The fraction of sp³-hybridized carbons (Fsp3) is 0.364. The van der Waals surface area contributed by atoms with Gasteiger partial charge in [-0.15, -0.1) is 0 Å². The van der Waals surface area contributed by atoms with E-state index in [1.165, 1.54) is 26.4 Å². The van der Waals surface area contributed by atoms with Crippen molar-refractivity contribution in [2.45, 2.75) is 19.8 Å². The summed E-state index contributed by atoms with van der Waals surface area (Å²) in [5, 5.41) is 0. The maximum atomic E-state index is 13.4. The van der Waals surface area contributed by atoms with Crippen molar-refractivity contribution >= 4 is 11.9 Å². The smallest absolute Gasteiger partial charge is 0.338 e. The summed E-state index contributed by atoms with van der Waals surface area (Å²) in [7, 11) is 2.78. The van der Waals surface area contributed by atoms with E-state index in [0.717, 1.165) is 18.4 Å². The molecule has 1 fully saturated rings. The molecule has 0 aliphatic carbocycles. The number of ether oxygens (including phenoxy) is 2. The van der Waals surface area contributed by atoms with Crippen LogP contribution in [-0.2, 0) is 11.2 Å². The Balaban J connectivity index is 1.71. The number of methoxy groups -OCH3 is 2. The van der Waals surface area contributed by atoms with Gasteiger partial charge in [0.2, 0.25) is 0 Å². The van der Waals surface area contributed by atoms with Gasteiger partial charge in [-0.3, -0.25) is 4.79 Å². The molecule has 0 spiro atoms. The number of hydrogen-bond acceptors (Lipinski definition) is 4. The van der Waals surface area contributed by atoms with E-state index in [2.05, 4.69) is 0 Å². The second kappa shape index (κ2) is 8.42. The minimum Gasteiger partial charge on any atom is -0.497 e. The highest BCUT2D eigenvalue weighted by Crippen LogP contribution is 2.25. The van der Waals surface area contributed by atoms with Crippen LogP contribution in [0.15, 0.2) is 36.4 Å². The van der Waals surface area contributed by atoms with Crippen LogP contribution in [0, 0.1) is 18.7 Å². The van der Waals surface area contributed by atoms with Gasteiger partial charge < -0.3 is 14.4 Å². The Hall–Kier alpha value is -2.89. The van der Waals surface area contributed by atoms with Crippen LogP contribution in [0.3, 0.4) is 0 Å². The number of nitrogens with zero attached hydrogens (tertiary/aromatic N) is 1. The highest BCUT2D eigenvalue weighted by molar-refractivity contribution is 5.98. The minimum absolute atomic E-state index is 0.137. The topological polar surface area (TPSA) is 55.8 Å². The molecule has 1 unspecified atom stereocenters. The van der Waals surface area contributed by atoms with Crippen LogP contribution in [0.5, 0.6) is 5.75 Å². The molecule has 6 heteroatoms. The number of halogens is 1. The van der Waals surface area contributed by atoms with Crippen molar-refractivity contribution in [3.05, 3.63) is 64.5 Å². The van der Waals surface area contributed by atoms with Crippen molar-refractivity contribution in [1.29, 1.82) is 0 Å². The highest BCUT2D eigenvalue weighted by atomic mass is 19.1. The summed E-state index contributed by atoms with van der Waals surface area (Å²) in [6.07, 6.45) is 1.69. The van der Waals surface area contributed by atoms with Gasteiger partial charge in [0, 0.05) is 18.7 Å². The second-order valence-electron chi connectivity index (χ2n) is 7.14. The van der Waals surface area contributed by atoms with Gasteiger partial charge in [0.1, 0.15) is 11.6 Å². The molecular weight excluding hydrogens is 361 g/mol. The molecule has 1 atom stereocenters. The summed E-state index contributed by atoms with van der Waals surface area (Å²) in [6, 6.07) is 9.88. The van der Waals surface area contributed by atoms with Crippen LogP contribution < -0.4 is 4.74 Å². The van der Waals surface area contributed by atoms with E-state index in [1.807, 2.05) is 6.07 Å². The average molecular weight is 385 g/mol. The van der Waals surface area contributed by atoms with E-state index in [1.54, 1.807) is 30.0 Å². The van der Waals surface area contributed by atoms with Gasteiger partial charge in [0.05, 0.1) is 19.8 Å². The largest absolute Gasteiger partial charge is 0.497 e. The molecular formula is C22H24FNO4. The number of carbonyl (C=O) groups is 2. The zero-order valence-corrected chi connectivity index (χ0v) is 16.3. The van der Waals surface area contributed by atoms with Crippen LogP contribution in [0.4, 0.5) is 4.39 Å². The molecule has 0 saturated carbocycles. The molecule has 3 rings (SSSR count).